The molecule has 0 fully saturated rings. The zero-order valence-corrected chi connectivity index (χ0v) is 15.0. The minimum Gasteiger partial charge on any atom is -0.494 e. The first-order valence-electron chi connectivity index (χ1n) is 8.40. The van der Waals surface area contributed by atoms with Crippen LogP contribution in [0.1, 0.15) is 25.3 Å². The minimum absolute atomic E-state index is 0.0582. The van der Waals surface area contributed by atoms with Crippen LogP contribution in [0.5, 0.6) is 17.2 Å². The summed E-state index contributed by atoms with van der Waals surface area (Å²) in [5, 5.41) is 2.85. The van der Waals surface area contributed by atoms with Gasteiger partial charge in [-0.05, 0) is 42.7 Å². The maximum Gasteiger partial charge on any atom is 0.224 e. The molecule has 5 nitrogen and oxygen atoms in total. The second-order valence-electron chi connectivity index (χ2n) is 5.57. The van der Waals surface area contributed by atoms with Gasteiger partial charge in [-0.3, -0.25) is 4.79 Å². The zero-order valence-electron chi connectivity index (χ0n) is 15.0. The Hall–Kier alpha value is -2.69. The number of hydrogen-bond donors (Lipinski definition) is 1. The number of ether oxygens (including phenoxy) is 3. The van der Waals surface area contributed by atoms with Gasteiger partial charge in [-0.25, -0.2) is 0 Å². The highest BCUT2D eigenvalue weighted by Crippen LogP contribution is 2.29. The van der Waals surface area contributed by atoms with Crippen LogP contribution in [0.2, 0.25) is 0 Å². The number of benzene rings is 2. The number of amides is 1. The fraction of sp³-hybridized carbons (Fsp3) is 0.350. The molecule has 25 heavy (non-hydrogen) atoms. The Labute approximate surface area is 148 Å². The Morgan fingerprint density at radius 3 is 2.36 bits per heavy atom. The number of hydrogen-bond acceptors (Lipinski definition) is 4. The molecule has 1 amide bonds. The van der Waals surface area contributed by atoms with Crippen LogP contribution in [0.4, 0.5) is 5.69 Å². The molecule has 0 aliphatic heterocycles. The number of rotatable bonds is 9. The van der Waals surface area contributed by atoms with Crippen molar-refractivity contribution >= 4 is 11.6 Å². The second-order valence-corrected chi connectivity index (χ2v) is 5.57. The molecule has 0 atom stereocenters. The van der Waals surface area contributed by atoms with E-state index in [4.69, 9.17) is 14.2 Å². The van der Waals surface area contributed by atoms with Crippen LogP contribution in [0.3, 0.4) is 0 Å². The molecule has 0 spiro atoms. The molecule has 2 rings (SSSR count). The Morgan fingerprint density at radius 2 is 1.72 bits per heavy atom. The predicted molar refractivity (Wildman–Crippen MR) is 98.7 cm³/mol. The van der Waals surface area contributed by atoms with Crippen LogP contribution >= 0.6 is 0 Å². The topological polar surface area (TPSA) is 56.8 Å². The maximum atomic E-state index is 12.0. The summed E-state index contributed by atoms with van der Waals surface area (Å²) in [5.41, 5.74) is 1.96. The van der Waals surface area contributed by atoms with Crippen molar-refractivity contribution in [2.75, 3.05) is 26.1 Å². The lowest BCUT2D eigenvalue weighted by molar-refractivity contribution is -0.116. The van der Waals surface area contributed by atoms with Crippen molar-refractivity contribution in [2.24, 2.45) is 0 Å². The monoisotopic (exact) mass is 343 g/mol. The lowest BCUT2D eigenvalue weighted by Crippen LogP contribution is -2.13. The third-order valence-electron chi connectivity index (χ3n) is 3.82. The molecule has 5 heteroatoms. The zero-order chi connectivity index (χ0) is 18.1. The molecule has 0 saturated carbocycles. The Kier molecular flexibility index (Phi) is 7.14. The summed E-state index contributed by atoms with van der Waals surface area (Å²) in [5.74, 6) is 1.98. The lowest BCUT2D eigenvalue weighted by atomic mass is 10.2. The lowest BCUT2D eigenvalue weighted by Gasteiger charge is -2.11. The van der Waals surface area contributed by atoms with Crippen LogP contribution < -0.4 is 19.5 Å². The number of methoxy groups -OCH3 is 2. The predicted octanol–water partition coefficient (Wildman–Crippen LogP) is 4.06. The van der Waals surface area contributed by atoms with Crippen molar-refractivity contribution in [1.82, 2.24) is 0 Å². The van der Waals surface area contributed by atoms with Gasteiger partial charge >= 0.3 is 0 Å². The van der Waals surface area contributed by atoms with Gasteiger partial charge in [0, 0.05) is 18.2 Å². The van der Waals surface area contributed by atoms with Crippen LogP contribution in [0.25, 0.3) is 0 Å². The molecule has 0 saturated heterocycles. The van der Waals surface area contributed by atoms with Gasteiger partial charge in [0.25, 0.3) is 0 Å². The molecule has 0 bridgehead atoms. The van der Waals surface area contributed by atoms with Crippen LogP contribution in [-0.2, 0) is 11.2 Å². The third kappa shape index (κ3) is 5.71. The molecule has 0 aromatic heterocycles. The summed E-state index contributed by atoms with van der Waals surface area (Å²) < 4.78 is 16.1. The first-order valence-corrected chi connectivity index (χ1v) is 8.40. The summed E-state index contributed by atoms with van der Waals surface area (Å²) >= 11 is 0. The van der Waals surface area contributed by atoms with Gasteiger partial charge < -0.3 is 19.5 Å². The average molecular weight is 343 g/mol. The smallest absolute Gasteiger partial charge is 0.224 e. The molecular formula is C20H25NO4. The van der Waals surface area contributed by atoms with E-state index in [0.717, 1.165) is 12.2 Å². The highest BCUT2D eigenvalue weighted by Gasteiger charge is 2.07. The highest BCUT2D eigenvalue weighted by molar-refractivity contribution is 5.91. The summed E-state index contributed by atoms with van der Waals surface area (Å²) in [6.45, 7) is 2.62. The highest BCUT2D eigenvalue weighted by atomic mass is 16.5. The minimum atomic E-state index is -0.0582. The van der Waals surface area contributed by atoms with E-state index >= 15 is 0 Å². The fourth-order valence-electron chi connectivity index (χ4n) is 2.38. The van der Waals surface area contributed by atoms with Gasteiger partial charge in [0.1, 0.15) is 5.75 Å². The van der Waals surface area contributed by atoms with E-state index in [1.807, 2.05) is 12.1 Å². The molecule has 0 aliphatic carbocycles. The molecule has 1 N–H and O–H groups in total. The maximum absolute atomic E-state index is 12.0. The van der Waals surface area contributed by atoms with Gasteiger partial charge in [-0.15, -0.1) is 0 Å². The van der Waals surface area contributed by atoms with E-state index in [2.05, 4.69) is 24.4 Å². The van der Waals surface area contributed by atoms with Crippen molar-refractivity contribution in [3.63, 3.8) is 0 Å². The summed E-state index contributed by atoms with van der Waals surface area (Å²) in [7, 11) is 3.14. The molecule has 0 radical (unpaired) electrons. The Bertz CT molecular complexity index is 683. The van der Waals surface area contributed by atoms with E-state index in [9.17, 15) is 4.79 Å². The SMILES string of the molecule is CCc1ccc(OCCCC(=O)Nc2ccc(OC)c(OC)c2)cc1. The number of carbonyl (C=O) groups excluding carboxylic acids is 1. The molecule has 0 heterocycles. The normalized spacial score (nSPS) is 10.2. The Morgan fingerprint density at radius 1 is 1.00 bits per heavy atom. The molecule has 0 aliphatic rings. The van der Waals surface area contributed by atoms with E-state index in [1.54, 1.807) is 32.4 Å². The van der Waals surface area contributed by atoms with E-state index < -0.39 is 0 Å². The number of nitrogens with one attached hydrogen (secondary N) is 1. The number of aryl methyl sites for hydroxylation is 1. The Balaban J connectivity index is 1.75. The van der Waals surface area contributed by atoms with Crippen molar-refractivity contribution in [2.45, 2.75) is 26.2 Å². The number of anilines is 1. The van der Waals surface area contributed by atoms with Crippen molar-refractivity contribution in [3.05, 3.63) is 48.0 Å². The van der Waals surface area contributed by atoms with Gasteiger partial charge in [0.2, 0.25) is 5.91 Å². The van der Waals surface area contributed by atoms with Crippen LogP contribution in [0.15, 0.2) is 42.5 Å². The van der Waals surface area contributed by atoms with Crippen LogP contribution in [0, 0.1) is 0 Å². The van der Waals surface area contributed by atoms with Crippen LogP contribution in [-0.4, -0.2) is 26.7 Å². The molecule has 2 aromatic carbocycles. The van der Waals surface area contributed by atoms with Gasteiger partial charge in [-0.1, -0.05) is 19.1 Å². The largest absolute Gasteiger partial charge is 0.494 e. The molecule has 0 unspecified atom stereocenters. The first-order chi connectivity index (χ1) is 12.2. The van der Waals surface area contributed by atoms with E-state index in [1.165, 1.54) is 5.56 Å². The standard InChI is InChI=1S/C20H25NO4/c1-4-15-7-10-17(11-8-15)25-13-5-6-20(22)21-16-9-12-18(23-2)19(14-16)24-3/h7-12,14H,4-6,13H2,1-3H3,(H,21,22). The van der Waals surface area contributed by atoms with E-state index in [-0.39, 0.29) is 5.91 Å². The van der Waals surface area contributed by atoms with E-state index in [0.29, 0.717) is 36.6 Å². The average Bonchev–Trinajstić information content (AvgIpc) is 2.65. The van der Waals surface area contributed by atoms with Gasteiger partial charge in [0.15, 0.2) is 11.5 Å². The molecular weight excluding hydrogens is 318 g/mol. The van der Waals surface area contributed by atoms with Crippen molar-refractivity contribution < 1.29 is 19.0 Å². The molecule has 2 aromatic rings. The number of carbonyl (C=O) groups is 1. The summed E-state index contributed by atoms with van der Waals surface area (Å²) in [6, 6.07) is 13.3. The van der Waals surface area contributed by atoms with Crippen molar-refractivity contribution in [3.8, 4) is 17.2 Å². The summed E-state index contributed by atoms with van der Waals surface area (Å²) in [6.07, 6.45) is 2.05. The second kappa shape index (κ2) is 9.57. The fourth-order valence-corrected chi connectivity index (χ4v) is 2.38. The van der Waals surface area contributed by atoms with Gasteiger partial charge in [-0.2, -0.15) is 0 Å². The van der Waals surface area contributed by atoms with Crippen molar-refractivity contribution in [1.29, 1.82) is 0 Å². The van der Waals surface area contributed by atoms with Gasteiger partial charge in [0.05, 0.1) is 20.8 Å². The third-order valence-corrected chi connectivity index (χ3v) is 3.82. The quantitative estimate of drug-likeness (QED) is 0.698. The molecule has 134 valence electrons. The first kappa shape index (κ1) is 18.6. The summed E-state index contributed by atoms with van der Waals surface area (Å²) in [4.78, 5) is 12.0.